The molecule has 5 nitrogen and oxygen atoms in total. The average molecular weight is 266 g/mol. The van der Waals surface area contributed by atoms with Crippen LogP contribution in [0.3, 0.4) is 0 Å². The Bertz CT molecular complexity index is 430. The summed E-state index contributed by atoms with van der Waals surface area (Å²) in [6.45, 7) is 11.0. The number of hydrogen-bond acceptors (Lipinski definition) is 5. The van der Waals surface area contributed by atoms with Gasteiger partial charge in [-0.15, -0.1) is 0 Å². The number of nitrogens with one attached hydrogen (secondary N) is 2. The molecule has 0 spiro atoms. The zero-order valence-corrected chi connectivity index (χ0v) is 13.1. The van der Waals surface area contributed by atoms with Crippen molar-refractivity contribution in [3.8, 4) is 0 Å². The predicted octanol–water partition coefficient (Wildman–Crippen LogP) is 2.79. The van der Waals surface area contributed by atoms with Gasteiger partial charge in [0.1, 0.15) is 17.5 Å². The quantitative estimate of drug-likeness (QED) is 0.829. The van der Waals surface area contributed by atoms with Gasteiger partial charge in [-0.25, -0.2) is 9.97 Å². The second-order valence-corrected chi connectivity index (χ2v) is 5.75. The molecule has 0 saturated carbocycles. The minimum atomic E-state index is -0.173. The summed E-state index contributed by atoms with van der Waals surface area (Å²) in [6, 6.07) is 0. The fourth-order valence-corrected chi connectivity index (χ4v) is 1.87. The molecule has 108 valence electrons. The van der Waals surface area contributed by atoms with Gasteiger partial charge in [0.05, 0.1) is 12.1 Å². The highest BCUT2D eigenvalue weighted by Crippen LogP contribution is 2.25. The van der Waals surface area contributed by atoms with Crippen molar-refractivity contribution in [2.75, 3.05) is 31.4 Å². The lowest BCUT2D eigenvalue weighted by Gasteiger charge is -2.27. The van der Waals surface area contributed by atoms with Crippen molar-refractivity contribution < 1.29 is 4.74 Å². The van der Waals surface area contributed by atoms with Crippen LogP contribution in [0.5, 0.6) is 0 Å². The number of ether oxygens (including phenoxy) is 1. The highest BCUT2D eigenvalue weighted by atomic mass is 16.5. The maximum Gasteiger partial charge on any atom is 0.135 e. The van der Waals surface area contributed by atoms with Gasteiger partial charge in [-0.1, -0.05) is 13.8 Å². The minimum absolute atomic E-state index is 0.173. The Labute approximate surface area is 116 Å². The fourth-order valence-electron chi connectivity index (χ4n) is 1.87. The summed E-state index contributed by atoms with van der Waals surface area (Å²) < 4.78 is 5.23. The normalized spacial score (nSPS) is 11.8. The maximum absolute atomic E-state index is 5.23. The van der Waals surface area contributed by atoms with E-state index in [4.69, 9.17) is 4.74 Å². The van der Waals surface area contributed by atoms with Crippen LogP contribution in [-0.4, -0.2) is 36.3 Å². The van der Waals surface area contributed by atoms with Crippen molar-refractivity contribution in [1.82, 2.24) is 9.97 Å². The first-order chi connectivity index (χ1) is 8.80. The van der Waals surface area contributed by atoms with Crippen LogP contribution in [0, 0.1) is 6.92 Å². The van der Waals surface area contributed by atoms with E-state index in [0.29, 0.717) is 12.5 Å². The summed E-state index contributed by atoms with van der Waals surface area (Å²) in [5, 5.41) is 6.57. The molecule has 0 fully saturated rings. The molecule has 1 aromatic rings. The molecule has 1 aromatic heterocycles. The van der Waals surface area contributed by atoms with Crippen LogP contribution in [0.15, 0.2) is 0 Å². The van der Waals surface area contributed by atoms with Crippen LogP contribution >= 0.6 is 0 Å². The summed E-state index contributed by atoms with van der Waals surface area (Å²) >= 11 is 0. The van der Waals surface area contributed by atoms with Crippen LogP contribution in [-0.2, 0) is 4.74 Å². The zero-order chi connectivity index (χ0) is 14.6. The van der Waals surface area contributed by atoms with Gasteiger partial charge in [-0.05, 0) is 20.8 Å². The van der Waals surface area contributed by atoms with Gasteiger partial charge in [0.2, 0.25) is 0 Å². The van der Waals surface area contributed by atoms with E-state index in [1.54, 1.807) is 7.11 Å². The molecule has 0 aromatic carbocycles. The molecule has 0 saturated heterocycles. The molecule has 1 rings (SSSR count). The summed E-state index contributed by atoms with van der Waals surface area (Å²) in [4.78, 5) is 9.16. The van der Waals surface area contributed by atoms with Crippen LogP contribution in [0.2, 0.25) is 0 Å². The maximum atomic E-state index is 5.23. The summed E-state index contributed by atoms with van der Waals surface area (Å²) in [6.07, 6.45) is 0. The number of nitrogens with zero attached hydrogens (tertiary/aromatic N) is 2. The largest absolute Gasteiger partial charge is 0.382 e. The Kier molecular flexibility index (Phi) is 5.11. The molecule has 5 heteroatoms. The first-order valence-corrected chi connectivity index (χ1v) is 6.64. The van der Waals surface area contributed by atoms with Crippen molar-refractivity contribution >= 4 is 11.6 Å². The molecule has 0 aliphatic heterocycles. The van der Waals surface area contributed by atoms with Gasteiger partial charge in [-0.3, -0.25) is 0 Å². The molecule has 2 N–H and O–H groups in total. The molecule has 0 atom stereocenters. The van der Waals surface area contributed by atoms with E-state index in [9.17, 15) is 0 Å². The van der Waals surface area contributed by atoms with Crippen molar-refractivity contribution in [2.24, 2.45) is 0 Å². The van der Waals surface area contributed by atoms with Gasteiger partial charge < -0.3 is 15.4 Å². The SMILES string of the molecule is CNc1nc(C(C)C)nc(NC(C)(C)COC)c1C. The van der Waals surface area contributed by atoms with E-state index in [2.05, 4.69) is 48.3 Å². The van der Waals surface area contributed by atoms with Gasteiger partial charge >= 0.3 is 0 Å². The van der Waals surface area contributed by atoms with Crippen molar-refractivity contribution in [2.45, 2.75) is 46.1 Å². The van der Waals surface area contributed by atoms with Gasteiger partial charge in [0, 0.05) is 25.6 Å². The van der Waals surface area contributed by atoms with Crippen LogP contribution < -0.4 is 10.6 Å². The van der Waals surface area contributed by atoms with Crippen LogP contribution in [0.25, 0.3) is 0 Å². The topological polar surface area (TPSA) is 59.1 Å². The third-order valence-electron chi connectivity index (χ3n) is 2.88. The molecule has 0 radical (unpaired) electrons. The monoisotopic (exact) mass is 266 g/mol. The van der Waals surface area contributed by atoms with E-state index >= 15 is 0 Å². The van der Waals surface area contributed by atoms with Crippen molar-refractivity contribution in [3.63, 3.8) is 0 Å². The minimum Gasteiger partial charge on any atom is -0.382 e. The van der Waals surface area contributed by atoms with E-state index in [1.807, 2.05) is 14.0 Å². The molecule has 19 heavy (non-hydrogen) atoms. The van der Waals surface area contributed by atoms with E-state index < -0.39 is 0 Å². The highest BCUT2D eigenvalue weighted by Gasteiger charge is 2.21. The van der Waals surface area contributed by atoms with Crippen LogP contribution in [0.4, 0.5) is 11.6 Å². The summed E-state index contributed by atoms with van der Waals surface area (Å²) in [5.41, 5.74) is 0.851. The Morgan fingerprint density at radius 1 is 1.21 bits per heavy atom. The lowest BCUT2D eigenvalue weighted by atomic mass is 10.1. The summed E-state index contributed by atoms with van der Waals surface area (Å²) in [7, 11) is 3.58. The smallest absolute Gasteiger partial charge is 0.135 e. The molecule has 0 aliphatic rings. The van der Waals surface area contributed by atoms with E-state index in [1.165, 1.54) is 0 Å². The predicted molar refractivity (Wildman–Crippen MR) is 80.0 cm³/mol. The standard InChI is InChI=1S/C14H26N4O/c1-9(2)11-16-12(15-6)10(3)13(17-11)18-14(4,5)8-19-7/h9H,8H2,1-7H3,(H2,15,16,17,18). The third kappa shape index (κ3) is 4.06. The van der Waals surface area contributed by atoms with Crippen molar-refractivity contribution in [1.29, 1.82) is 0 Å². The molecule has 0 aliphatic carbocycles. The summed E-state index contributed by atoms with van der Waals surface area (Å²) in [5.74, 6) is 2.86. The molecule has 0 bridgehead atoms. The molecular weight excluding hydrogens is 240 g/mol. The number of hydrogen-bond donors (Lipinski definition) is 2. The van der Waals surface area contributed by atoms with E-state index in [-0.39, 0.29) is 5.54 Å². The van der Waals surface area contributed by atoms with E-state index in [0.717, 1.165) is 23.0 Å². The third-order valence-corrected chi connectivity index (χ3v) is 2.88. The first kappa shape index (κ1) is 15.7. The lowest BCUT2D eigenvalue weighted by Crippen LogP contribution is -2.36. The highest BCUT2D eigenvalue weighted by molar-refractivity contribution is 5.58. The van der Waals surface area contributed by atoms with Gasteiger partial charge in [-0.2, -0.15) is 0 Å². The second kappa shape index (κ2) is 6.19. The Morgan fingerprint density at radius 2 is 1.79 bits per heavy atom. The molecule has 0 unspecified atom stereocenters. The molecule has 0 amide bonds. The van der Waals surface area contributed by atoms with Crippen LogP contribution in [0.1, 0.15) is 45.0 Å². The first-order valence-electron chi connectivity index (χ1n) is 6.64. The van der Waals surface area contributed by atoms with Crippen molar-refractivity contribution in [3.05, 3.63) is 11.4 Å². The number of aromatic nitrogens is 2. The average Bonchev–Trinajstić information content (AvgIpc) is 2.31. The number of rotatable bonds is 6. The number of methoxy groups -OCH3 is 1. The Balaban J connectivity index is 3.15. The number of anilines is 2. The lowest BCUT2D eigenvalue weighted by molar-refractivity contribution is 0.158. The molecule has 1 heterocycles. The Hall–Kier alpha value is -1.36. The Morgan fingerprint density at radius 3 is 2.26 bits per heavy atom. The van der Waals surface area contributed by atoms with Gasteiger partial charge in [0.15, 0.2) is 0 Å². The van der Waals surface area contributed by atoms with Gasteiger partial charge in [0.25, 0.3) is 0 Å². The molecular formula is C14H26N4O. The zero-order valence-electron chi connectivity index (χ0n) is 13.1. The fraction of sp³-hybridized carbons (Fsp3) is 0.714. The second-order valence-electron chi connectivity index (χ2n) is 5.75.